The molecule has 2 unspecified atom stereocenters. The number of nitrogens with one attached hydrogen (secondary N) is 1. The molecular formula is C14H28N2O2. The van der Waals surface area contributed by atoms with Gasteiger partial charge in [-0.2, -0.15) is 0 Å². The summed E-state index contributed by atoms with van der Waals surface area (Å²) in [5.74, 6) is 0.670. The normalized spacial score (nSPS) is 23.9. The molecule has 4 nitrogen and oxygen atoms in total. The van der Waals surface area contributed by atoms with E-state index < -0.39 is 0 Å². The fourth-order valence-corrected chi connectivity index (χ4v) is 2.56. The highest BCUT2D eigenvalue weighted by Crippen LogP contribution is 2.29. The fourth-order valence-electron chi connectivity index (χ4n) is 2.56. The van der Waals surface area contributed by atoms with Gasteiger partial charge in [0.25, 0.3) is 0 Å². The Balaban J connectivity index is 2.14. The van der Waals surface area contributed by atoms with Gasteiger partial charge < -0.3 is 15.8 Å². The molecule has 106 valence electrons. The molecule has 4 heteroatoms. The lowest BCUT2D eigenvalue weighted by molar-refractivity contribution is -0.127. The smallest absolute Gasteiger partial charge is 0.223 e. The molecule has 0 spiro atoms. The Morgan fingerprint density at radius 2 is 2.11 bits per heavy atom. The monoisotopic (exact) mass is 256 g/mol. The summed E-state index contributed by atoms with van der Waals surface area (Å²) in [6, 6.07) is 0. The van der Waals surface area contributed by atoms with Crippen LogP contribution in [0.15, 0.2) is 0 Å². The predicted molar refractivity (Wildman–Crippen MR) is 73.2 cm³/mol. The minimum absolute atomic E-state index is 0.124. The minimum atomic E-state index is 0.124. The Kier molecular flexibility index (Phi) is 8.01. The second-order valence-corrected chi connectivity index (χ2v) is 5.14. The number of hydrogen-bond donors (Lipinski definition) is 2. The average molecular weight is 256 g/mol. The third-order valence-corrected chi connectivity index (χ3v) is 3.74. The van der Waals surface area contributed by atoms with Crippen LogP contribution < -0.4 is 11.1 Å². The van der Waals surface area contributed by atoms with Crippen LogP contribution in [-0.2, 0) is 9.53 Å². The molecule has 2 atom stereocenters. The quantitative estimate of drug-likeness (QED) is 0.649. The van der Waals surface area contributed by atoms with E-state index in [1.165, 1.54) is 6.42 Å². The van der Waals surface area contributed by atoms with Crippen LogP contribution in [0.5, 0.6) is 0 Å². The first-order chi connectivity index (χ1) is 8.79. The summed E-state index contributed by atoms with van der Waals surface area (Å²) in [4.78, 5) is 12.0. The molecule has 1 amide bonds. The molecule has 0 bridgehead atoms. The minimum Gasteiger partial charge on any atom is -0.380 e. The summed E-state index contributed by atoms with van der Waals surface area (Å²) in [6.07, 6.45) is 6.69. The first-order valence-corrected chi connectivity index (χ1v) is 7.35. The number of amides is 1. The number of unbranched alkanes of at least 4 members (excludes halogenated alkanes) is 1. The van der Waals surface area contributed by atoms with Gasteiger partial charge in [0, 0.05) is 19.1 Å². The second-order valence-electron chi connectivity index (χ2n) is 5.14. The van der Waals surface area contributed by atoms with Crippen molar-refractivity contribution in [3.05, 3.63) is 0 Å². The summed E-state index contributed by atoms with van der Waals surface area (Å²) in [6.45, 7) is 4.80. The predicted octanol–water partition coefficient (Wildman–Crippen LogP) is 1.68. The number of carbonyl (C=O) groups is 1. The number of carbonyl (C=O) groups excluding carboxylic acids is 1. The van der Waals surface area contributed by atoms with E-state index in [1.54, 1.807) is 0 Å². The Bertz CT molecular complexity index is 234. The van der Waals surface area contributed by atoms with Gasteiger partial charge in [0.2, 0.25) is 5.91 Å². The van der Waals surface area contributed by atoms with Gasteiger partial charge in [-0.1, -0.05) is 26.2 Å². The Morgan fingerprint density at radius 1 is 1.33 bits per heavy atom. The van der Waals surface area contributed by atoms with Gasteiger partial charge in [0.1, 0.15) is 0 Å². The molecule has 18 heavy (non-hydrogen) atoms. The van der Waals surface area contributed by atoms with E-state index in [1.807, 2.05) is 0 Å². The SMILES string of the molecule is CCCCOCCNC(=O)C1CCCCC1CN. The van der Waals surface area contributed by atoms with Gasteiger partial charge in [-0.25, -0.2) is 0 Å². The zero-order valence-corrected chi connectivity index (χ0v) is 11.6. The largest absolute Gasteiger partial charge is 0.380 e. The van der Waals surface area contributed by atoms with Crippen LogP contribution in [0.3, 0.4) is 0 Å². The van der Waals surface area contributed by atoms with Crippen molar-refractivity contribution in [2.75, 3.05) is 26.3 Å². The third kappa shape index (κ3) is 5.36. The molecule has 0 aliphatic heterocycles. The maximum atomic E-state index is 12.0. The Hall–Kier alpha value is -0.610. The van der Waals surface area contributed by atoms with E-state index in [4.69, 9.17) is 10.5 Å². The first kappa shape index (κ1) is 15.4. The van der Waals surface area contributed by atoms with Crippen LogP contribution in [-0.4, -0.2) is 32.2 Å². The maximum absolute atomic E-state index is 12.0. The van der Waals surface area contributed by atoms with Crippen molar-refractivity contribution in [1.29, 1.82) is 0 Å². The van der Waals surface area contributed by atoms with Gasteiger partial charge in [-0.3, -0.25) is 4.79 Å². The van der Waals surface area contributed by atoms with E-state index in [-0.39, 0.29) is 11.8 Å². The van der Waals surface area contributed by atoms with Crippen LogP contribution in [0.25, 0.3) is 0 Å². The standard InChI is InChI=1S/C14H28N2O2/c1-2-3-9-18-10-8-16-14(17)13-7-5-4-6-12(13)11-15/h12-13H,2-11,15H2,1H3,(H,16,17). The van der Waals surface area contributed by atoms with Crippen molar-refractivity contribution in [3.8, 4) is 0 Å². The molecular weight excluding hydrogens is 228 g/mol. The molecule has 0 radical (unpaired) electrons. The van der Waals surface area contributed by atoms with Gasteiger partial charge >= 0.3 is 0 Å². The zero-order valence-electron chi connectivity index (χ0n) is 11.6. The topological polar surface area (TPSA) is 64.3 Å². The molecule has 1 fully saturated rings. The lowest BCUT2D eigenvalue weighted by atomic mass is 9.79. The van der Waals surface area contributed by atoms with Gasteiger partial charge in [0.15, 0.2) is 0 Å². The first-order valence-electron chi connectivity index (χ1n) is 7.35. The Labute approximate surface area is 111 Å². The van der Waals surface area contributed by atoms with E-state index >= 15 is 0 Å². The Morgan fingerprint density at radius 3 is 2.83 bits per heavy atom. The van der Waals surface area contributed by atoms with Crippen LogP contribution in [0, 0.1) is 11.8 Å². The van der Waals surface area contributed by atoms with Crippen molar-refractivity contribution < 1.29 is 9.53 Å². The van der Waals surface area contributed by atoms with E-state index in [0.717, 1.165) is 38.7 Å². The summed E-state index contributed by atoms with van der Waals surface area (Å²) in [5, 5.41) is 2.97. The zero-order chi connectivity index (χ0) is 13.2. The van der Waals surface area contributed by atoms with Crippen LogP contribution in [0.2, 0.25) is 0 Å². The van der Waals surface area contributed by atoms with Crippen molar-refractivity contribution in [2.45, 2.75) is 45.4 Å². The van der Waals surface area contributed by atoms with Gasteiger partial charge in [-0.15, -0.1) is 0 Å². The highest BCUT2D eigenvalue weighted by molar-refractivity contribution is 5.79. The summed E-state index contributed by atoms with van der Waals surface area (Å²) >= 11 is 0. The molecule has 3 N–H and O–H groups in total. The second kappa shape index (κ2) is 9.34. The number of nitrogens with two attached hydrogens (primary N) is 1. The summed E-state index contributed by atoms with van der Waals surface area (Å²) < 4.78 is 5.43. The van der Waals surface area contributed by atoms with Crippen LogP contribution in [0.1, 0.15) is 45.4 Å². The number of ether oxygens (including phenoxy) is 1. The lowest BCUT2D eigenvalue weighted by Gasteiger charge is -2.29. The van der Waals surface area contributed by atoms with Crippen molar-refractivity contribution in [2.24, 2.45) is 17.6 Å². The van der Waals surface area contributed by atoms with Crippen LogP contribution >= 0.6 is 0 Å². The van der Waals surface area contributed by atoms with E-state index in [9.17, 15) is 4.79 Å². The molecule has 1 rings (SSSR count). The average Bonchev–Trinajstić information content (AvgIpc) is 2.42. The number of hydrogen-bond acceptors (Lipinski definition) is 3. The van der Waals surface area contributed by atoms with Crippen molar-refractivity contribution >= 4 is 5.91 Å². The lowest BCUT2D eigenvalue weighted by Crippen LogP contribution is -2.40. The third-order valence-electron chi connectivity index (χ3n) is 3.74. The molecule has 1 aliphatic rings. The molecule has 1 saturated carbocycles. The maximum Gasteiger partial charge on any atom is 0.223 e. The molecule has 1 aliphatic carbocycles. The molecule has 0 aromatic heterocycles. The highest BCUT2D eigenvalue weighted by Gasteiger charge is 2.29. The summed E-state index contributed by atoms with van der Waals surface area (Å²) in [5.41, 5.74) is 5.74. The number of rotatable bonds is 8. The van der Waals surface area contributed by atoms with Crippen molar-refractivity contribution in [1.82, 2.24) is 5.32 Å². The molecule has 0 aromatic carbocycles. The van der Waals surface area contributed by atoms with E-state index in [2.05, 4.69) is 12.2 Å². The van der Waals surface area contributed by atoms with Crippen LogP contribution in [0.4, 0.5) is 0 Å². The highest BCUT2D eigenvalue weighted by atomic mass is 16.5. The van der Waals surface area contributed by atoms with Gasteiger partial charge in [-0.05, 0) is 31.7 Å². The molecule has 0 aromatic rings. The van der Waals surface area contributed by atoms with E-state index in [0.29, 0.717) is 25.6 Å². The fraction of sp³-hybridized carbons (Fsp3) is 0.929. The molecule has 0 saturated heterocycles. The molecule has 0 heterocycles. The summed E-state index contributed by atoms with van der Waals surface area (Å²) in [7, 11) is 0. The van der Waals surface area contributed by atoms with Crippen molar-refractivity contribution in [3.63, 3.8) is 0 Å². The van der Waals surface area contributed by atoms with Gasteiger partial charge in [0.05, 0.1) is 6.61 Å².